The van der Waals surface area contributed by atoms with E-state index in [0.29, 0.717) is 32.8 Å². The summed E-state index contributed by atoms with van der Waals surface area (Å²) in [5.74, 6) is -0.741. The number of carboxylic acid groups (broad SMARTS) is 1. The van der Waals surface area contributed by atoms with E-state index >= 15 is 0 Å². The number of hydrogen-bond donors (Lipinski definition) is 1. The molecule has 0 aliphatic rings. The fourth-order valence-corrected chi connectivity index (χ4v) is 0.845. The Balaban J connectivity index is 2.87. The van der Waals surface area contributed by atoms with E-state index in [4.69, 9.17) is 14.6 Å². The van der Waals surface area contributed by atoms with Gasteiger partial charge in [-0.3, -0.25) is 4.79 Å². The van der Waals surface area contributed by atoms with Crippen molar-refractivity contribution in [2.75, 3.05) is 26.4 Å². The summed E-state index contributed by atoms with van der Waals surface area (Å²) in [6.45, 7) is 4.49. The second-order valence-corrected chi connectivity index (χ2v) is 2.66. The van der Waals surface area contributed by atoms with E-state index in [1.807, 2.05) is 6.92 Å². The molecule has 0 aromatic heterocycles. The first-order chi connectivity index (χ1) is 6.27. The number of hydrogen-bond acceptors (Lipinski definition) is 3. The molecule has 0 aliphatic heterocycles. The van der Waals surface area contributed by atoms with Crippen LogP contribution in [0.15, 0.2) is 0 Å². The Morgan fingerprint density at radius 3 is 2.46 bits per heavy atom. The summed E-state index contributed by atoms with van der Waals surface area (Å²) < 4.78 is 10.3. The Kier molecular flexibility index (Phi) is 9.03. The second-order valence-electron chi connectivity index (χ2n) is 2.66. The predicted octanol–water partition coefficient (Wildman–Crippen LogP) is 1.29. The van der Waals surface area contributed by atoms with Crippen molar-refractivity contribution in [2.24, 2.45) is 0 Å². The van der Waals surface area contributed by atoms with Crippen LogP contribution in [0.3, 0.4) is 0 Å². The van der Waals surface area contributed by atoms with Gasteiger partial charge in [0.05, 0.1) is 13.2 Å². The molecule has 0 rings (SSSR count). The molecule has 0 heterocycles. The molecule has 0 saturated heterocycles. The third-order valence-electron chi connectivity index (χ3n) is 1.51. The third-order valence-corrected chi connectivity index (χ3v) is 1.51. The minimum atomic E-state index is -0.741. The minimum Gasteiger partial charge on any atom is -0.481 e. The molecule has 0 aliphatic carbocycles. The quantitative estimate of drug-likeness (QED) is 0.557. The molecule has 0 spiro atoms. The van der Waals surface area contributed by atoms with Gasteiger partial charge in [-0.2, -0.15) is 0 Å². The standard InChI is InChI=1S/C9H18O4/c1-2-12-7-8-13-6-4-3-5-9(10)11/h2-8H2,1H3,(H,10,11). The summed E-state index contributed by atoms with van der Waals surface area (Å²) in [7, 11) is 0. The molecular weight excluding hydrogens is 172 g/mol. The van der Waals surface area contributed by atoms with Crippen LogP contribution < -0.4 is 0 Å². The molecule has 0 fully saturated rings. The van der Waals surface area contributed by atoms with Crippen LogP contribution >= 0.6 is 0 Å². The zero-order valence-corrected chi connectivity index (χ0v) is 8.12. The van der Waals surface area contributed by atoms with Gasteiger partial charge in [0.15, 0.2) is 0 Å². The maximum atomic E-state index is 10.1. The van der Waals surface area contributed by atoms with Gasteiger partial charge in [-0.1, -0.05) is 0 Å². The fraction of sp³-hybridized carbons (Fsp3) is 0.889. The third kappa shape index (κ3) is 11.4. The first kappa shape index (κ1) is 12.4. The van der Waals surface area contributed by atoms with Crippen LogP contribution in [-0.4, -0.2) is 37.5 Å². The average Bonchev–Trinajstić information content (AvgIpc) is 2.09. The predicted molar refractivity (Wildman–Crippen MR) is 48.8 cm³/mol. The molecule has 78 valence electrons. The van der Waals surface area contributed by atoms with Crippen LogP contribution in [0.25, 0.3) is 0 Å². The molecule has 4 heteroatoms. The normalized spacial score (nSPS) is 10.2. The molecule has 0 bridgehead atoms. The van der Waals surface area contributed by atoms with Crippen LogP contribution in [0.4, 0.5) is 0 Å². The lowest BCUT2D eigenvalue weighted by molar-refractivity contribution is -0.137. The number of unbranched alkanes of at least 4 members (excludes halogenated alkanes) is 1. The van der Waals surface area contributed by atoms with Crippen molar-refractivity contribution in [3.05, 3.63) is 0 Å². The van der Waals surface area contributed by atoms with Gasteiger partial charge >= 0.3 is 5.97 Å². The number of ether oxygens (including phenoxy) is 2. The highest BCUT2D eigenvalue weighted by Crippen LogP contribution is 1.95. The lowest BCUT2D eigenvalue weighted by Crippen LogP contribution is -2.05. The Bertz CT molecular complexity index is 125. The molecule has 0 saturated carbocycles. The Morgan fingerprint density at radius 1 is 1.15 bits per heavy atom. The van der Waals surface area contributed by atoms with Gasteiger partial charge in [0.2, 0.25) is 0 Å². The summed E-state index contributed by atoms with van der Waals surface area (Å²) >= 11 is 0. The average molecular weight is 190 g/mol. The Hall–Kier alpha value is -0.610. The molecule has 0 amide bonds. The first-order valence-electron chi connectivity index (χ1n) is 4.64. The highest BCUT2D eigenvalue weighted by molar-refractivity contribution is 5.66. The van der Waals surface area contributed by atoms with E-state index in [1.54, 1.807) is 0 Å². The maximum absolute atomic E-state index is 10.1. The highest BCUT2D eigenvalue weighted by Gasteiger charge is 1.95. The molecule has 0 atom stereocenters. The van der Waals surface area contributed by atoms with E-state index in [1.165, 1.54) is 0 Å². The summed E-state index contributed by atoms with van der Waals surface area (Å²) in [6.07, 6.45) is 1.72. The van der Waals surface area contributed by atoms with Gasteiger partial charge in [-0.25, -0.2) is 0 Å². The maximum Gasteiger partial charge on any atom is 0.303 e. The van der Waals surface area contributed by atoms with Crippen LogP contribution in [0.2, 0.25) is 0 Å². The van der Waals surface area contributed by atoms with Crippen molar-refractivity contribution in [1.29, 1.82) is 0 Å². The van der Waals surface area contributed by atoms with Gasteiger partial charge in [0.25, 0.3) is 0 Å². The van der Waals surface area contributed by atoms with Gasteiger partial charge in [0.1, 0.15) is 0 Å². The molecule has 0 aromatic carbocycles. The smallest absolute Gasteiger partial charge is 0.303 e. The van der Waals surface area contributed by atoms with Crippen molar-refractivity contribution < 1.29 is 19.4 Å². The van der Waals surface area contributed by atoms with Crippen molar-refractivity contribution >= 4 is 5.97 Å². The van der Waals surface area contributed by atoms with Crippen LogP contribution in [0.5, 0.6) is 0 Å². The molecule has 0 unspecified atom stereocenters. The minimum absolute atomic E-state index is 0.231. The van der Waals surface area contributed by atoms with Crippen LogP contribution in [0.1, 0.15) is 26.2 Å². The number of carboxylic acids is 1. The van der Waals surface area contributed by atoms with Crippen molar-refractivity contribution in [1.82, 2.24) is 0 Å². The van der Waals surface area contributed by atoms with E-state index < -0.39 is 5.97 Å². The zero-order valence-electron chi connectivity index (χ0n) is 8.12. The fourth-order valence-electron chi connectivity index (χ4n) is 0.845. The van der Waals surface area contributed by atoms with Gasteiger partial charge < -0.3 is 14.6 Å². The van der Waals surface area contributed by atoms with Gasteiger partial charge in [-0.05, 0) is 19.8 Å². The number of carbonyl (C=O) groups is 1. The summed E-state index contributed by atoms with van der Waals surface area (Å²) in [5, 5.41) is 8.33. The highest BCUT2D eigenvalue weighted by atomic mass is 16.5. The summed E-state index contributed by atoms with van der Waals surface area (Å²) in [6, 6.07) is 0. The Morgan fingerprint density at radius 2 is 1.85 bits per heavy atom. The number of rotatable bonds is 9. The molecule has 13 heavy (non-hydrogen) atoms. The van der Waals surface area contributed by atoms with Crippen molar-refractivity contribution in [3.8, 4) is 0 Å². The van der Waals surface area contributed by atoms with E-state index in [-0.39, 0.29) is 6.42 Å². The topological polar surface area (TPSA) is 55.8 Å². The monoisotopic (exact) mass is 190 g/mol. The molecule has 0 radical (unpaired) electrons. The van der Waals surface area contributed by atoms with Crippen molar-refractivity contribution in [2.45, 2.75) is 26.2 Å². The molecule has 1 N–H and O–H groups in total. The van der Waals surface area contributed by atoms with Crippen LogP contribution in [0, 0.1) is 0 Å². The SMILES string of the molecule is CCOCCOCCCCC(=O)O. The summed E-state index contributed by atoms with van der Waals surface area (Å²) in [5.41, 5.74) is 0. The largest absolute Gasteiger partial charge is 0.481 e. The van der Waals surface area contributed by atoms with E-state index in [9.17, 15) is 4.79 Å². The van der Waals surface area contributed by atoms with Crippen molar-refractivity contribution in [3.63, 3.8) is 0 Å². The van der Waals surface area contributed by atoms with Gasteiger partial charge in [0, 0.05) is 19.6 Å². The first-order valence-corrected chi connectivity index (χ1v) is 4.64. The second kappa shape index (κ2) is 9.48. The van der Waals surface area contributed by atoms with E-state index in [2.05, 4.69) is 0 Å². The molecule has 0 aromatic rings. The number of aliphatic carboxylic acids is 1. The molecular formula is C9H18O4. The van der Waals surface area contributed by atoms with E-state index in [0.717, 1.165) is 6.42 Å². The summed E-state index contributed by atoms with van der Waals surface area (Å²) in [4.78, 5) is 10.1. The molecule has 4 nitrogen and oxygen atoms in total. The zero-order chi connectivity index (χ0) is 9.94. The lowest BCUT2D eigenvalue weighted by Gasteiger charge is -2.03. The van der Waals surface area contributed by atoms with Crippen LogP contribution in [-0.2, 0) is 14.3 Å². The van der Waals surface area contributed by atoms with Gasteiger partial charge in [-0.15, -0.1) is 0 Å². The lowest BCUT2D eigenvalue weighted by atomic mass is 10.2. The Labute approximate surface area is 78.8 Å².